The summed E-state index contributed by atoms with van der Waals surface area (Å²) in [5.74, 6) is 0.271. The maximum absolute atomic E-state index is 11.3. The minimum Gasteiger partial charge on any atom is -0.291 e. The molecule has 0 unspecified atom stereocenters. The summed E-state index contributed by atoms with van der Waals surface area (Å²) in [6.07, 6.45) is 6.12. The van der Waals surface area contributed by atoms with Gasteiger partial charge in [-0.05, 0) is 18.9 Å². The van der Waals surface area contributed by atoms with Crippen LogP contribution in [0.5, 0.6) is 0 Å². The molecule has 1 aromatic rings. The summed E-state index contributed by atoms with van der Waals surface area (Å²) < 4.78 is 0. The highest BCUT2D eigenvalue weighted by atomic mass is 16.1. The van der Waals surface area contributed by atoms with Crippen molar-refractivity contribution in [3.63, 3.8) is 0 Å². The van der Waals surface area contributed by atoms with Crippen molar-refractivity contribution in [1.82, 2.24) is 9.97 Å². The largest absolute Gasteiger partial charge is 0.291 e. The Labute approximate surface area is 77.5 Å². The zero-order valence-corrected chi connectivity index (χ0v) is 7.66. The number of allylic oxidation sites excluding steroid dienone is 1. The predicted octanol–water partition coefficient (Wildman–Crippen LogP) is 1.93. The highest BCUT2D eigenvalue weighted by molar-refractivity contribution is 5.92. The van der Waals surface area contributed by atoms with Gasteiger partial charge in [0.1, 0.15) is 0 Å². The van der Waals surface area contributed by atoms with Crippen molar-refractivity contribution in [2.45, 2.75) is 19.8 Å². The Balaban J connectivity index is 2.66. The third kappa shape index (κ3) is 2.78. The lowest BCUT2D eigenvalue weighted by Crippen LogP contribution is -2.04. The van der Waals surface area contributed by atoms with Crippen LogP contribution < -0.4 is 0 Å². The SMILES string of the molecule is C=CCCC(=O)c1ncc(C)cn1. The van der Waals surface area contributed by atoms with Crippen molar-refractivity contribution in [3.05, 3.63) is 36.4 Å². The number of Topliss-reactive ketones (excluding diaryl/α,β-unsaturated/α-hetero) is 1. The van der Waals surface area contributed by atoms with E-state index < -0.39 is 0 Å². The van der Waals surface area contributed by atoms with Gasteiger partial charge in [0.2, 0.25) is 0 Å². The first-order chi connectivity index (χ1) is 6.24. The summed E-state index contributed by atoms with van der Waals surface area (Å²) in [7, 11) is 0. The second kappa shape index (κ2) is 4.50. The summed E-state index contributed by atoms with van der Waals surface area (Å²) in [6, 6.07) is 0. The van der Waals surface area contributed by atoms with Gasteiger partial charge in [-0.1, -0.05) is 6.08 Å². The molecule has 0 spiro atoms. The van der Waals surface area contributed by atoms with Crippen LogP contribution in [0.2, 0.25) is 0 Å². The summed E-state index contributed by atoms with van der Waals surface area (Å²) in [4.78, 5) is 19.2. The number of hydrogen-bond donors (Lipinski definition) is 0. The van der Waals surface area contributed by atoms with Gasteiger partial charge in [0.05, 0.1) is 0 Å². The highest BCUT2D eigenvalue weighted by Crippen LogP contribution is 2.00. The Morgan fingerprint density at radius 1 is 1.54 bits per heavy atom. The van der Waals surface area contributed by atoms with Gasteiger partial charge in [0, 0.05) is 18.8 Å². The van der Waals surface area contributed by atoms with E-state index in [4.69, 9.17) is 0 Å². The first-order valence-electron chi connectivity index (χ1n) is 4.17. The molecule has 13 heavy (non-hydrogen) atoms. The molecule has 3 nitrogen and oxygen atoms in total. The molecule has 0 saturated carbocycles. The average Bonchev–Trinajstić information content (AvgIpc) is 2.15. The number of rotatable bonds is 4. The Kier molecular flexibility index (Phi) is 3.31. The van der Waals surface area contributed by atoms with Crippen molar-refractivity contribution in [3.8, 4) is 0 Å². The molecule has 0 bridgehead atoms. The molecule has 68 valence electrons. The molecule has 3 heteroatoms. The van der Waals surface area contributed by atoms with Crippen LogP contribution in [-0.2, 0) is 0 Å². The van der Waals surface area contributed by atoms with Gasteiger partial charge < -0.3 is 0 Å². The number of carbonyl (C=O) groups excluding carboxylic acids is 1. The maximum atomic E-state index is 11.3. The summed E-state index contributed by atoms with van der Waals surface area (Å²) >= 11 is 0. The molecule has 1 aromatic heterocycles. The predicted molar refractivity (Wildman–Crippen MR) is 50.5 cm³/mol. The topological polar surface area (TPSA) is 42.9 Å². The van der Waals surface area contributed by atoms with Crippen LogP contribution in [0.3, 0.4) is 0 Å². The number of carbonyl (C=O) groups is 1. The quantitative estimate of drug-likeness (QED) is 0.520. The standard InChI is InChI=1S/C10H12N2O/c1-3-4-5-9(13)10-11-6-8(2)7-12-10/h3,6-7H,1,4-5H2,2H3. The minimum atomic E-state index is -0.0279. The Morgan fingerprint density at radius 3 is 2.69 bits per heavy atom. The van der Waals surface area contributed by atoms with E-state index in [1.807, 2.05) is 6.92 Å². The summed E-state index contributed by atoms with van der Waals surface area (Å²) in [5.41, 5.74) is 0.959. The Hall–Kier alpha value is -1.51. The van der Waals surface area contributed by atoms with Gasteiger partial charge >= 0.3 is 0 Å². The van der Waals surface area contributed by atoms with Gasteiger partial charge in [0.15, 0.2) is 11.6 Å². The van der Waals surface area contributed by atoms with Crippen LogP contribution in [0, 0.1) is 6.92 Å². The number of ketones is 1. The normalized spacial score (nSPS) is 9.62. The van der Waals surface area contributed by atoms with Crippen LogP contribution >= 0.6 is 0 Å². The fraction of sp³-hybridized carbons (Fsp3) is 0.300. The van der Waals surface area contributed by atoms with Crippen LogP contribution in [0.4, 0.5) is 0 Å². The molecule has 0 aromatic carbocycles. The minimum absolute atomic E-state index is 0.0279. The van der Waals surface area contributed by atoms with Crippen molar-refractivity contribution >= 4 is 5.78 Å². The molecule has 0 aliphatic heterocycles. The molecule has 1 rings (SSSR count). The third-order valence-electron chi connectivity index (χ3n) is 1.61. The van der Waals surface area contributed by atoms with Gasteiger partial charge in [-0.15, -0.1) is 6.58 Å². The number of hydrogen-bond acceptors (Lipinski definition) is 3. The molecule has 1 heterocycles. The third-order valence-corrected chi connectivity index (χ3v) is 1.61. The number of nitrogens with zero attached hydrogens (tertiary/aromatic N) is 2. The first-order valence-corrected chi connectivity index (χ1v) is 4.17. The van der Waals surface area contributed by atoms with Gasteiger partial charge in [-0.25, -0.2) is 9.97 Å². The van der Waals surface area contributed by atoms with Crippen molar-refractivity contribution < 1.29 is 4.79 Å². The van der Waals surface area contributed by atoms with E-state index in [0.29, 0.717) is 18.7 Å². The lowest BCUT2D eigenvalue weighted by molar-refractivity contribution is 0.0973. The summed E-state index contributed by atoms with van der Waals surface area (Å²) in [6.45, 7) is 5.43. The Bertz CT molecular complexity index is 303. The molecule has 0 fully saturated rings. The summed E-state index contributed by atoms with van der Waals surface area (Å²) in [5, 5.41) is 0. The highest BCUT2D eigenvalue weighted by Gasteiger charge is 2.06. The van der Waals surface area contributed by atoms with Crippen molar-refractivity contribution in [2.75, 3.05) is 0 Å². The van der Waals surface area contributed by atoms with Crippen LogP contribution in [0.25, 0.3) is 0 Å². The van der Waals surface area contributed by atoms with Crippen LogP contribution in [0.1, 0.15) is 29.0 Å². The van der Waals surface area contributed by atoms with Crippen molar-refractivity contribution in [1.29, 1.82) is 0 Å². The van der Waals surface area contributed by atoms with Crippen molar-refractivity contribution in [2.24, 2.45) is 0 Å². The monoisotopic (exact) mass is 176 g/mol. The first kappa shape index (κ1) is 9.58. The molecule has 0 aliphatic rings. The van der Waals surface area contributed by atoms with E-state index in [-0.39, 0.29) is 5.78 Å². The maximum Gasteiger partial charge on any atom is 0.200 e. The zero-order valence-electron chi connectivity index (χ0n) is 7.66. The molecular formula is C10H12N2O. The van der Waals surface area contributed by atoms with Gasteiger partial charge in [-0.2, -0.15) is 0 Å². The molecule has 0 amide bonds. The van der Waals surface area contributed by atoms with E-state index in [9.17, 15) is 4.79 Å². The average molecular weight is 176 g/mol. The fourth-order valence-electron chi connectivity index (χ4n) is 0.882. The molecular weight excluding hydrogens is 164 g/mol. The van der Waals surface area contributed by atoms with E-state index in [1.54, 1.807) is 18.5 Å². The second-order valence-electron chi connectivity index (χ2n) is 2.83. The number of aromatic nitrogens is 2. The molecule has 0 aliphatic carbocycles. The molecule has 0 saturated heterocycles. The second-order valence-corrected chi connectivity index (χ2v) is 2.83. The molecule has 0 radical (unpaired) electrons. The van der Waals surface area contributed by atoms with E-state index in [1.165, 1.54) is 0 Å². The smallest absolute Gasteiger partial charge is 0.200 e. The van der Waals surface area contributed by atoms with Gasteiger partial charge in [0.25, 0.3) is 0 Å². The van der Waals surface area contributed by atoms with Crippen LogP contribution in [0.15, 0.2) is 25.0 Å². The Morgan fingerprint density at radius 2 is 2.15 bits per heavy atom. The van der Waals surface area contributed by atoms with Crippen LogP contribution in [-0.4, -0.2) is 15.8 Å². The number of aryl methyl sites for hydroxylation is 1. The molecule has 0 atom stereocenters. The zero-order chi connectivity index (χ0) is 9.68. The molecule has 0 N–H and O–H groups in total. The lowest BCUT2D eigenvalue weighted by atomic mass is 10.2. The lowest BCUT2D eigenvalue weighted by Gasteiger charge is -1.96. The van der Waals surface area contributed by atoms with E-state index in [0.717, 1.165) is 5.56 Å². The van der Waals surface area contributed by atoms with E-state index >= 15 is 0 Å². The fourth-order valence-corrected chi connectivity index (χ4v) is 0.882. The van der Waals surface area contributed by atoms with E-state index in [2.05, 4.69) is 16.5 Å². The van der Waals surface area contributed by atoms with Gasteiger partial charge in [-0.3, -0.25) is 4.79 Å².